The first-order valence-electron chi connectivity index (χ1n) is 7.29. The van der Waals surface area contributed by atoms with E-state index in [4.69, 9.17) is 4.55 Å². The summed E-state index contributed by atoms with van der Waals surface area (Å²) >= 11 is 0. The first-order valence-corrected chi connectivity index (χ1v) is 8.65. The fraction of sp³-hybridized carbons (Fsp3) is 0.500. The lowest BCUT2D eigenvalue weighted by atomic mass is 9.95. The van der Waals surface area contributed by atoms with Crippen molar-refractivity contribution in [3.8, 4) is 0 Å². The van der Waals surface area contributed by atoms with E-state index in [-0.39, 0.29) is 0 Å². The van der Waals surface area contributed by atoms with Gasteiger partial charge in [-0.15, -0.1) is 0 Å². The third-order valence-corrected chi connectivity index (χ3v) is 4.48. The maximum atomic E-state index is 12.1. The number of likely N-dealkylation sites (tertiary alicyclic amines) is 2. The van der Waals surface area contributed by atoms with Crippen LogP contribution >= 0.6 is 0 Å². The number of rotatable bonds is 7. The third kappa shape index (κ3) is 2.91. The molecular formula is C12H12N2O13S. The molecule has 15 nitrogen and oxygen atoms in total. The predicted octanol–water partition coefficient (Wildman–Crippen LogP) is -3.34. The largest absolute Gasteiger partial charge is 0.478 e. The molecule has 0 spiro atoms. The van der Waals surface area contributed by atoms with Crippen LogP contribution in [0, 0.1) is 0 Å². The molecule has 0 radical (unpaired) electrons. The summed E-state index contributed by atoms with van der Waals surface area (Å²) in [5.41, 5.74) is -8.87. The molecule has 2 fully saturated rings. The number of amides is 4. The van der Waals surface area contributed by atoms with Gasteiger partial charge in [0.25, 0.3) is 0 Å². The van der Waals surface area contributed by atoms with Gasteiger partial charge < -0.3 is 15.3 Å². The van der Waals surface area contributed by atoms with Gasteiger partial charge in [-0.05, 0) is 0 Å². The van der Waals surface area contributed by atoms with Crippen LogP contribution in [0.15, 0.2) is 0 Å². The molecule has 2 saturated heterocycles. The summed E-state index contributed by atoms with van der Waals surface area (Å²) in [5, 5.41) is 29.8. The molecule has 2 aliphatic heterocycles. The van der Waals surface area contributed by atoms with Crippen LogP contribution in [0.5, 0.6) is 0 Å². The SMILES string of the molecule is O=C1CCC(=O)N1C(O)(C(=O)O)C(OS(=O)(=O)O)(C(=O)O)N1C(=O)CCC1=O. The van der Waals surface area contributed by atoms with Gasteiger partial charge in [-0.2, -0.15) is 8.42 Å². The van der Waals surface area contributed by atoms with E-state index in [1.54, 1.807) is 0 Å². The number of aliphatic carboxylic acids is 2. The van der Waals surface area contributed by atoms with Gasteiger partial charge in [0, 0.05) is 25.7 Å². The maximum absolute atomic E-state index is 12.1. The molecule has 16 heteroatoms. The Morgan fingerprint density at radius 3 is 1.46 bits per heavy atom. The Morgan fingerprint density at radius 1 is 0.821 bits per heavy atom. The fourth-order valence-corrected chi connectivity index (χ4v) is 3.51. The van der Waals surface area contributed by atoms with Crippen LogP contribution < -0.4 is 0 Å². The minimum absolute atomic E-state index is 0.534. The second-order valence-corrected chi connectivity index (χ2v) is 6.71. The van der Waals surface area contributed by atoms with E-state index in [0.29, 0.717) is 0 Å². The highest BCUT2D eigenvalue weighted by atomic mass is 32.3. The smallest absolute Gasteiger partial charge is 0.400 e. The van der Waals surface area contributed by atoms with Gasteiger partial charge in [-0.3, -0.25) is 23.7 Å². The Balaban J connectivity index is 2.95. The van der Waals surface area contributed by atoms with Crippen molar-refractivity contribution in [2.24, 2.45) is 0 Å². The molecule has 2 heterocycles. The number of carbonyl (C=O) groups is 6. The number of aliphatic hydroxyl groups is 1. The Morgan fingerprint density at radius 2 is 1.18 bits per heavy atom. The summed E-state index contributed by atoms with van der Waals surface area (Å²) in [6, 6.07) is 0. The van der Waals surface area contributed by atoms with Crippen molar-refractivity contribution < 1.29 is 61.2 Å². The summed E-state index contributed by atoms with van der Waals surface area (Å²) < 4.78 is 35.5. The summed E-state index contributed by atoms with van der Waals surface area (Å²) in [5.74, 6) is -11.4. The van der Waals surface area contributed by atoms with Gasteiger partial charge >= 0.3 is 33.8 Å². The molecule has 2 rings (SSSR count). The zero-order valence-electron chi connectivity index (χ0n) is 13.6. The second kappa shape index (κ2) is 6.59. The predicted molar refractivity (Wildman–Crippen MR) is 77.8 cm³/mol. The molecule has 2 atom stereocenters. The van der Waals surface area contributed by atoms with Crippen molar-refractivity contribution in [1.82, 2.24) is 9.80 Å². The van der Waals surface area contributed by atoms with Crippen molar-refractivity contribution in [3.63, 3.8) is 0 Å². The number of carboxylic acids is 2. The Bertz CT molecular complexity index is 878. The highest BCUT2D eigenvalue weighted by Gasteiger charge is 2.77. The van der Waals surface area contributed by atoms with E-state index in [2.05, 4.69) is 4.18 Å². The Kier molecular flexibility index (Phi) is 5.02. The summed E-state index contributed by atoms with van der Waals surface area (Å²) in [6.45, 7) is 0. The van der Waals surface area contributed by atoms with Crippen LogP contribution in [-0.4, -0.2) is 85.1 Å². The van der Waals surface area contributed by atoms with E-state index in [1.165, 1.54) is 0 Å². The molecule has 0 aromatic rings. The number of imide groups is 2. The number of nitrogens with zero attached hydrogens (tertiary/aromatic N) is 2. The van der Waals surface area contributed by atoms with Crippen LogP contribution in [0.2, 0.25) is 0 Å². The van der Waals surface area contributed by atoms with Crippen LogP contribution in [0.4, 0.5) is 0 Å². The maximum Gasteiger partial charge on any atom is 0.400 e. The van der Waals surface area contributed by atoms with E-state index in [0.717, 1.165) is 0 Å². The van der Waals surface area contributed by atoms with Crippen LogP contribution in [0.1, 0.15) is 25.7 Å². The molecule has 28 heavy (non-hydrogen) atoms. The number of hydrogen-bond acceptors (Lipinski definition) is 10. The van der Waals surface area contributed by atoms with Gasteiger partial charge in [0.15, 0.2) is 0 Å². The zero-order valence-corrected chi connectivity index (χ0v) is 14.4. The van der Waals surface area contributed by atoms with Crippen molar-refractivity contribution in [2.75, 3.05) is 0 Å². The van der Waals surface area contributed by atoms with Gasteiger partial charge in [0.05, 0.1) is 0 Å². The topological polar surface area (TPSA) is 233 Å². The number of carbonyl (C=O) groups excluding carboxylic acids is 4. The van der Waals surface area contributed by atoms with Gasteiger partial charge in [0.1, 0.15) is 0 Å². The second-order valence-electron chi connectivity index (χ2n) is 5.68. The molecule has 0 aromatic heterocycles. The number of hydrogen-bond donors (Lipinski definition) is 4. The lowest BCUT2D eigenvalue weighted by Crippen LogP contribution is -2.80. The van der Waals surface area contributed by atoms with Crippen molar-refractivity contribution in [1.29, 1.82) is 0 Å². The number of carboxylic acid groups (broad SMARTS) is 2. The standard InChI is InChI=1S/C12H12N2O13S/c15-5-1-2-6(16)13(5)11(23,9(19)20)12(10(21)22,27-28(24,25)26)14-7(17)3-4-8(14)18/h23H,1-4H2,(H,19,20)(H,21,22)(H,24,25,26). The molecule has 2 aliphatic rings. The average Bonchev–Trinajstić information content (AvgIpc) is 3.05. The van der Waals surface area contributed by atoms with Gasteiger partial charge in [-0.1, -0.05) is 0 Å². The molecule has 4 amide bonds. The fourth-order valence-electron chi connectivity index (χ4n) is 2.94. The molecule has 2 unspecified atom stereocenters. The molecule has 0 bridgehead atoms. The first kappa shape index (κ1) is 21.4. The van der Waals surface area contributed by atoms with E-state index >= 15 is 0 Å². The molecular weight excluding hydrogens is 412 g/mol. The minimum atomic E-state index is -5.99. The van der Waals surface area contributed by atoms with Crippen molar-refractivity contribution in [3.05, 3.63) is 0 Å². The Labute approximate surface area is 155 Å². The summed E-state index contributed by atoms with van der Waals surface area (Å²) in [4.78, 5) is 70.8. The average molecular weight is 424 g/mol. The normalized spacial score (nSPS) is 22.4. The van der Waals surface area contributed by atoms with Gasteiger partial charge in [-0.25, -0.2) is 23.6 Å². The highest BCUT2D eigenvalue weighted by Crippen LogP contribution is 2.41. The van der Waals surface area contributed by atoms with E-state index < -0.39 is 92.9 Å². The van der Waals surface area contributed by atoms with Gasteiger partial charge in [0.2, 0.25) is 23.6 Å². The van der Waals surface area contributed by atoms with Crippen molar-refractivity contribution in [2.45, 2.75) is 37.1 Å². The third-order valence-electron chi connectivity index (χ3n) is 4.03. The zero-order chi connectivity index (χ0) is 21.7. The molecule has 0 saturated carbocycles. The lowest BCUT2D eigenvalue weighted by molar-refractivity contribution is -0.260. The highest BCUT2D eigenvalue weighted by molar-refractivity contribution is 7.81. The summed E-state index contributed by atoms with van der Waals surface area (Å²) in [6.07, 6.45) is -2.86. The minimum Gasteiger partial charge on any atom is -0.478 e. The molecule has 4 N–H and O–H groups in total. The van der Waals surface area contributed by atoms with E-state index in [9.17, 15) is 52.5 Å². The van der Waals surface area contributed by atoms with Crippen LogP contribution in [0.25, 0.3) is 0 Å². The van der Waals surface area contributed by atoms with E-state index in [1.807, 2.05) is 0 Å². The van der Waals surface area contributed by atoms with Crippen LogP contribution in [-0.2, 0) is 43.3 Å². The monoisotopic (exact) mass is 424 g/mol. The summed E-state index contributed by atoms with van der Waals surface area (Å²) in [7, 11) is -5.99. The molecule has 154 valence electrons. The van der Waals surface area contributed by atoms with Crippen LogP contribution in [0.3, 0.4) is 0 Å². The Hall–Kier alpha value is -2.95. The van der Waals surface area contributed by atoms with Crippen molar-refractivity contribution >= 4 is 46.0 Å². The lowest BCUT2D eigenvalue weighted by Gasteiger charge is -2.45. The first-order chi connectivity index (χ1) is 12.7. The quantitative estimate of drug-likeness (QED) is 0.231. The molecule has 0 aliphatic carbocycles. The molecule has 0 aromatic carbocycles.